The molecule has 0 aliphatic heterocycles. The Hall–Kier alpha value is -3.70. The maximum atomic E-state index is 12.9. The van der Waals surface area contributed by atoms with Gasteiger partial charge < -0.3 is 5.32 Å². The molecule has 170 valence electrons. The Labute approximate surface area is 181 Å². The zero-order chi connectivity index (χ0) is 23.5. The summed E-state index contributed by atoms with van der Waals surface area (Å²) in [5.41, 5.74) is 7.94. The van der Waals surface area contributed by atoms with Crippen LogP contribution in [0.15, 0.2) is 24.3 Å². The van der Waals surface area contributed by atoms with Crippen LogP contribution < -0.4 is 16.2 Å². The van der Waals surface area contributed by atoms with E-state index < -0.39 is 23.8 Å². The third-order valence-electron chi connectivity index (χ3n) is 4.75. The molecule has 0 unspecified atom stereocenters. The SMILES string of the molecule is Cc1ccc(NCC(=O)NNC(=O)CCc2c(C)nc3nc(C(F)(F)F)nn3c2C)cc1. The number of nitrogens with zero attached hydrogens (tertiary/aromatic N) is 4. The van der Waals surface area contributed by atoms with E-state index in [1.165, 1.54) is 0 Å². The molecule has 0 saturated heterocycles. The number of hydrogen-bond acceptors (Lipinski definition) is 6. The Kier molecular flexibility index (Phi) is 6.61. The zero-order valence-electron chi connectivity index (χ0n) is 17.7. The molecule has 0 aliphatic carbocycles. The molecule has 0 aliphatic rings. The molecule has 0 fully saturated rings. The predicted molar refractivity (Wildman–Crippen MR) is 110 cm³/mol. The van der Waals surface area contributed by atoms with Gasteiger partial charge in [-0.25, -0.2) is 9.50 Å². The molecule has 0 spiro atoms. The lowest BCUT2D eigenvalue weighted by Crippen LogP contribution is -2.44. The highest BCUT2D eigenvalue weighted by atomic mass is 19.4. The Morgan fingerprint density at radius 2 is 1.66 bits per heavy atom. The van der Waals surface area contributed by atoms with E-state index in [-0.39, 0.29) is 25.2 Å². The first-order valence-corrected chi connectivity index (χ1v) is 9.73. The first-order valence-electron chi connectivity index (χ1n) is 9.73. The van der Waals surface area contributed by atoms with Crippen LogP contribution in [0, 0.1) is 20.8 Å². The molecule has 3 N–H and O–H groups in total. The molecule has 0 saturated carbocycles. The number of hydrogen-bond donors (Lipinski definition) is 3. The molecular weight excluding hydrogens is 427 g/mol. The summed E-state index contributed by atoms with van der Waals surface area (Å²) in [5.74, 6) is -2.32. The molecule has 3 rings (SSSR count). The van der Waals surface area contributed by atoms with Crippen molar-refractivity contribution in [3.63, 3.8) is 0 Å². The van der Waals surface area contributed by atoms with E-state index in [2.05, 4.69) is 31.2 Å². The number of fused-ring (bicyclic) bond motifs is 1. The van der Waals surface area contributed by atoms with E-state index >= 15 is 0 Å². The largest absolute Gasteiger partial charge is 0.453 e. The van der Waals surface area contributed by atoms with E-state index in [0.29, 0.717) is 17.0 Å². The van der Waals surface area contributed by atoms with Crippen molar-refractivity contribution < 1.29 is 22.8 Å². The molecular formula is C20H22F3N7O2. The minimum absolute atomic E-state index is 0.0125. The summed E-state index contributed by atoms with van der Waals surface area (Å²) >= 11 is 0. The molecule has 0 radical (unpaired) electrons. The number of nitrogens with one attached hydrogen (secondary N) is 3. The molecule has 12 heteroatoms. The third kappa shape index (κ3) is 5.50. The number of rotatable bonds is 6. The van der Waals surface area contributed by atoms with Gasteiger partial charge in [0.2, 0.25) is 5.91 Å². The third-order valence-corrected chi connectivity index (χ3v) is 4.75. The van der Waals surface area contributed by atoms with Crippen LogP contribution in [0.3, 0.4) is 0 Å². The lowest BCUT2D eigenvalue weighted by Gasteiger charge is -2.11. The normalized spacial score (nSPS) is 11.4. The van der Waals surface area contributed by atoms with Crippen molar-refractivity contribution in [1.29, 1.82) is 0 Å². The predicted octanol–water partition coefficient (Wildman–Crippen LogP) is 2.26. The summed E-state index contributed by atoms with van der Waals surface area (Å²) in [6.45, 7) is 5.13. The maximum Gasteiger partial charge on any atom is 0.453 e. The number of aryl methyl sites for hydroxylation is 3. The second-order valence-corrected chi connectivity index (χ2v) is 7.22. The lowest BCUT2D eigenvalue weighted by atomic mass is 10.1. The van der Waals surface area contributed by atoms with Crippen LogP contribution in [0.1, 0.15) is 34.8 Å². The summed E-state index contributed by atoms with van der Waals surface area (Å²) in [6.07, 6.45) is -4.49. The molecule has 0 atom stereocenters. The minimum atomic E-state index is -4.68. The van der Waals surface area contributed by atoms with Crippen molar-refractivity contribution in [3.8, 4) is 0 Å². The molecule has 2 heterocycles. The average Bonchev–Trinajstić information content (AvgIpc) is 3.16. The number of aromatic nitrogens is 4. The van der Waals surface area contributed by atoms with Gasteiger partial charge in [0.05, 0.1) is 6.54 Å². The first kappa shape index (κ1) is 23.0. The zero-order valence-corrected chi connectivity index (χ0v) is 17.7. The van der Waals surface area contributed by atoms with Crippen LogP contribution in [0.5, 0.6) is 0 Å². The van der Waals surface area contributed by atoms with Crippen LogP contribution in [-0.2, 0) is 22.2 Å². The quantitative estimate of drug-likeness (QED) is 0.498. The standard InChI is InChI=1S/C20H22F3N7O2/c1-11-4-6-14(7-5-11)24-10-17(32)28-27-16(31)9-8-15-12(2)25-19-26-18(20(21,22)23)29-30(19)13(15)3/h4-7,24H,8-10H2,1-3H3,(H,27,31)(H,28,32). The Morgan fingerprint density at radius 3 is 2.31 bits per heavy atom. The fourth-order valence-electron chi connectivity index (χ4n) is 3.03. The topological polar surface area (TPSA) is 113 Å². The van der Waals surface area contributed by atoms with Crippen molar-refractivity contribution in [2.24, 2.45) is 0 Å². The summed E-state index contributed by atoms with van der Waals surface area (Å²) in [6, 6.07) is 7.48. The molecule has 9 nitrogen and oxygen atoms in total. The number of carbonyl (C=O) groups is 2. The number of anilines is 1. The van der Waals surface area contributed by atoms with E-state index in [1.807, 2.05) is 31.2 Å². The van der Waals surface area contributed by atoms with Crippen LogP contribution in [0.25, 0.3) is 5.78 Å². The highest BCUT2D eigenvalue weighted by Crippen LogP contribution is 2.27. The van der Waals surface area contributed by atoms with Gasteiger partial charge in [0, 0.05) is 23.5 Å². The monoisotopic (exact) mass is 449 g/mol. The second kappa shape index (κ2) is 9.20. The van der Waals surface area contributed by atoms with Crippen molar-refractivity contribution >= 4 is 23.3 Å². The maximum absolute atomic E-state index is 12.9. The molecule has 1 aromatic carbocycles. The van der Waals surface area contributed by atoms with Crippen LogP contribution >= 0.6 is 0 Å². The Morgan fingerprint density at radius 1 is 1.00 bits per heavy atom. The summed E-state index contributed by atoms with van der Waals surface area (Å²) < 4.78 is 39.6. The van der Waals surface area contributed by atoms with Crippen LogP contribution in [0.2, 0.25) is 0 Å². The highest BCUT2D eigenvalue weighted by Gasteiger charge is 2.36. The van der Waals surface area contributed by atoms with Crippen LogP contribution in [-0.4, -0.2) is 37.9 Å². The van der Waals surface area contributed by atoms with E-state index in [4.69, 9.17) is 0 Å². The Balaban J connectivity index is 1.53. The van der Waals surface area contributed by atoms with Crippen LogP contribution in [0.4, 0.5) is 18.9 Å². The number of hydrazine groups is 1. The first-order chi connectivity index (χ1) is 15.0. The van der Waals surface area contributed by atoms with Gasteiger partial charge in [-0.15, -0.1) is 5.10 Å². The Bertz CT molecular complexity index is 1140. The van der Waals surface area contributed by atoms with Gasteiger partial charge in [-0.3, -0.25) is 20.4 Å². The van der Waals surface area contributed by atoms with Gasteiger partial charge >= 0.3 is 6.18 Å². The second-order valence-electron chi connectivity index (χ2n) is 7.22. The van der Waals surface area contributed by atoms with Crippen molar-refractivity contribution in [1.82, 2.24) is 30.4 Å². The average molecular weight is 449 g/mol. The number of alkyl halides is 3. The van der Waals surface area contributed by atoms with Gasteiger partial charge in [-0.1, -0.05) is 17.7 Å². The van der Waals surface area contributed by atoms with Crippen molar-refractivity contribution in [2.45, 2.75) is 39.8 Å². The van der Waals surface area contributed by atoms with Gasteiger partial charge in [0.25, 0.3) is 17.5 Å². The molecule has 32 heavy (non-hydrogen) atoms. The highest BCUT2D eigenvalue weighted by molar-refractivity contribution is 5.84. The molecule has 3 aromatic rings. The molecule has 2 amide bonds. The number of amides is 2. The van der Waals surface area contributed by atoms with Gasteiger partial charge in [-0.05, 0) is 44.9 Å². The minimum Gasteiger partial charge on any atom is -0.376 e. The van der Waals surface area contributed by atoms with Crippen molar-refractivity contribution in [2.75, 3.05) is 11.9 Å². The van der Waals surface area contributed by atoms with Gasteiger partial charge in [0.1, 0.15) is 0 Å². The molecule has 2 aromatic heterocycles. The summed E-state index contributed by atoms with van der Waals surface area (Å²) in [5, 5.41) is 6.41. The van der Waals surface area contributed by atoms with Gasteiger partial charge in [-0.2, -0.15) is 18.2 Å². The lowest BCUT2D eigenvalue weighted by molar-refractivity contribution is -0.144. The van der Waals surface area contributed by atoms with Gasteiger partial charge in [0.15, 0.2) is 0 Å². The van der Waals surface area contributed by atoms with E-state index in [0.717, 1.165) is 15.8 Å². The fraction of sp³-hybridized carbons (Fsp3) is 0.350. The van der Waals surface area contributed by atoms with Crippen molar-refractivity contribution in [3.05, 3.63) is 52.6 Å². The smallest absolute Gasteiger partial charge is 0.376 e. The number of benzene rings is 1. The van der Waals surface area contributed by atoms with E-state index in [1.54, 1.807) is 13.8 Å². The summed E-state index contributed by atoms with van der Waals surface area (Å²) in [7, 11) is 0. The summed E-state index contributed by atoms with van der Waals surface area (Å²) in [4.78, 5) is 31.5. The number of halogens is 3. The molecule has 0 bridgehead atoms. The van der Waals surface area contributed by atoms with E-state index in [9.17, 15) is 22.8 Å². The fourth-order valence-corrected chi connectivity index (χ4v) is 3.03. The number of carbonyl (C=O) groups excluding carboxylic acids is 2.